The third-order valence-electron chi connectivity index (χ3n) is 3.87. The summed E-state index contributed by atoms with van der Waals surface area (Å²) in [4.78, 5) is 2.01. The smallest absolute Gasteiger partial charge is 0.244 e. The number of aliphatic hydroxyl groups excluding tert-OH is 1. The molecule has 1 atom stereocenters. The maximum Gasteiger partial charge on any atom is 0.244 e. The molecular weight excluding hydrogens is 340 g/mol. The van der Waals surface area contributed by atoms with E-state index in [9.17, 15) is 13.5 Å². The van der Waals surface area contributed by atoms with Gasteiger partial charge in [0.15, 0.2) is 0 Å². The van der Waals surface area contributed by atoms with Crippen LogP contribution >= 0.6 is 0 Å². The Balaban J connectivity index is 2.12. The van der Waals surface area contributed by atoms with Crippen molar-refractivity contribution < 1.29 is 18.3 Å². The highest BCUT2D eigenvalue weighted by Gasteiger charge is 2.21. The fourth-order valence-corrected chi connectivity index (χ4v) is 3.66. The van der Waals surface area contributed by atoms with E-state index in [1.54, 1.807) is 37.3 Å². The number of aryl methyl sites for hydroxylation is 1. The number of benzene rings is 2. The van der Waals surface area contributed by atoms with E-state index in [0.29, 0.717) is 5.56 Å². The Morgan fingerprint density at radius 3 is 2.36 bits per heavy atom. The van der Waals surface area contributed by atoms with Crippen molar-refractivity contribution in [2.75, 3.05) is 32.6 Å². The second kappa shape index (κ2) is 7.86. The van der Waals surface area contributed by atoms with Crippen molar-refractivity contribution in [3.8, 4) is 5.75 Å². The van der Waals surface area contributed by atoms with E-state index >= 15 is 0 Å². The number of aliphatic hydroxyl groups is 1. The van der Waals surface area contributed by atoms with Crippen LogP contribution in [-0.4, -0.2) is 41.3 Å². The van der Waals surface area contributed by atoms with E-state index in [2.05, 4.69) is 4.72 Å². The van der Waals surface area contributed by atoms with E-state index in [1.807, 2.05) is 31.1 Å². The Morgan fingerprint density at radius 2 is 1.80 bits per heavy atom. The van der Waals surface area contributed by atoms with Crippen LogP contribution < -0.4 is 14.4 Å². The second-order valence-electron chi connectivity index (χ2n) is 6.01. The number of ether oxygens (including phenoxy) is 1. The largest absolute Gasteiger partial charge is 0.495 e. The average molecular weight is 364 g/mol. The molecule has 2 aromatic rings. The molecule has 0 bridgehead atoms. The lowest BCUT2D eigenvalue weighted by Crippen LogP contribution is -2.29. The lowest BCUT2D eigenvalue weighted by Gasteiger charge is -2.16. The number of hydrogen-bond acceptors (Lipinski definition) is 5. The summed E-state index contributed by atoms with van der Waals surface area (Å²) in [6.45, 7) is 1.68. The number of nitrogens with zero attached hydrogens (tertiary/aromatic N) is 1. The summed E-state index contributed by atoms with van der Waals surface area (Å²) in [6.07, 6.45) is -0.943. The molecule has 0 aromatic heterocycles. The highest BCUT2D eigenvalue weighted by molar-refractivity contribution is 7.89. The molecule has 0 heterocycles. The summed E-state index contributed by atoms with van der Waals surface area (Å²) in [5.41, 5.74) is 2.45. The zero-order valence-electron chi connectivity index (χ0n) is 14.9. The van der Waals surface area contributed by atoms with Gasteiger partial charge in [0.2, 0.25) is 10.0 Å². The maximum atomic E-state index is 12.5. The van der Waals surface area contributed by atoms with Crippen LogP contribution in [0, 0.1) is 6.92 Å². The van der Waals surface area contributed by atoms with Gasteiger partial charge in [-0.3, -0.25) is 0 Å². The first-order valence-corrected chi connectivity index (χ1v) is 9.32. The lowest BCUT2D eigenvalue weighted by atomic mass is 10.1. The fraction of sp³-hybridized carbons (Fsp3) is 0.333. The number of anilines is 1. The van der Waals surface area contributed by atoms with Gasteiger partial charge in [-0.1, -0.05) is 18.2 Å². The third kappa shape index (κ3) is 4.72. The number of nitrogens with one attached hydrogen (secondary N) is 1. The number of hydrogen-bond donors (Lipinski definition) is 2. The van der Waals surface area contributed by atoms with Crippen LogP contribution in [0.3, 0.4) is 0 Å². The van der Waals surface area contributed by atoms with E-state index in [1.165, 1.54) is 7.11 Å². The molecule has 7 heteroatoms. The van der Waals surface area contributed by atoms with E-state index in [4.69, 9.17) is 4.74 Å². The average Bonchev–Trinajstić information content (AvgIpc) is 2.59. The SMILES string of the molecule is COc1ccc(C)cc1S(=O)(=O)NCC(O)c1ccc(N(C)C)cc1. The van der Waals surface area contributed by atoms with Gasteiger partial charge in [-0.05, 0) is 42.3 Å². The molecule has 0 radical (unpaired) electrons. The molecular formula is C18H24N2O4S. The molecule has 0 saturated heterocycles. The van der Waals surface area contributed by atoms with E-state index in [-0.39, 0.29) is 17.2 Å². The van der Waals surface area contributed by atoms with Gasteiger partial charge in [0.1, 0.15) is 10.6 Å². The summed E-state index contributed by atoms with van der Waals surface area (Å²) < 4.78 is 32.6. The Morgan fingerprint density at radius 1 is 1.16 bits per heavy atom. The minimum Gasteiger partial charge on any atom is -0.495 e. The molecule has 2 aromatic carbocycles. The second-order valence-corrected chi connectivity index (χ2v) is 7.74. The van der Waals surface area contributed by atoms with Gasteiger partial charge in [0, 0.05) is 26.3 Å². The minimum absolute atomic E-state index is 0.0603. The highest BCUT2D eigenvalue weighted by atomic mass is 32.2. The third-order valence-corrected chi connectivity index (χ3v) is 5.31. The predicted molar refractivity (Wildman–Crippen MR) is 98.6 cm³/mol. The minimum atomic E-state index is -3.79. The summed E-state index contributed by atoms with van der Waals surface area (Å²) in [7, 11) is 1.48. The molecule has 1 unspecified atom stereocenters. The van der Waals surface area contributed by atoms with Crippen LogP contribution in [0.2, 0.25) is 0 Å². The van der Waals surface area contributed by atoms with Crippen LogP contribution in [0.4, 0.5) is 5.69 Å². The first-order chi connectivity index (χ1) is 11.7. The van der Waals surface area contributed by atoms with Crippen molar-refractivity contribution in [3.63, 3.8) is 0 Å². The number of sulfonamides is 1. The maximum absolute atomic E-state index is 12.5. The standard InChI is InChI=1S/C18H24N2O4S/c1-13-5-10-17(24-4)18(11-13)25(22,23)19-12-16(21)14-6-8-15(9-7-14)20(2)3/h5-11,16,19,21H,12H2,1-4H3. The summed E-state index contributed by atoms with van der Waals surface area (Å²) >= 11 is 0. The molecule has 0 aliphatic carbocycles. The molecule has 0 fully saturated rings. The van der Waals surface area contributed by atoms with Crippen molar-refractivity contribution in [2.45, 2.75) is 17.9 Å². The lowest BCUT2D eigenvalue weighted by molar-refractivity contribution is 0.182. The molecule has 2 rings (SSSR count). The van der Waals surface area contributed by atoms with Crippen LogP contribution in [0.1, 0.15) is 17.2 Å². The Hall–Kier alpha value is -2.09. The van der Waals surface area contributed by atoms with Crippen LogP contribution in [0.5, 0.6) is 5.75 Å². The van der Waals surface area contributed by atoms with Gasteiger partial charge in [-0.2, -0.15) is 0 Å². The first-order valence-electron chi connectivity index (χ1n) is 7.84. The predicted octanol–water partition coefficient (Wildman–Crippen LogP) is 2.08. The topological polar surface area (TPSA) is 78.9 Å². The Bertz CT molecular complexity index is 817. The normalized spacial score (nSPS) is 12.7. The highest BCUT2D eigenvalue weighted by Crippen LogP contribution is 2.25. The van der Waals surface area contributed by atoms with Crippen LogP contribution in [0.15, 0.2) is 47.4 Å². The molecule has 0 amide bonds. The number of methoxy groups -OCH3 is 1. The molecule has 0 aliphatic heterocycles. The molecule has 0 saturated carbocycles. The molecule has 6 nitrogen and oxygen atoms in total. The van der Waals surface area contributed by atoms with Gasteiger partial charge in [0.05, 0.1) is 13.2 Å². The summed E-state index contributed by atoms with van der Waals surface area (Å²) in [5, 5.41) is 10.3. The fourth-order valence-electron chi connectivity index (χ4n) is 2.37. The zero-order chi connectivity index (χ0) is 18.6. The van der Waals surface area contributed by atoms with Crippen LogP contribution in [-0.2, 0) is 10.0 Å². The van der Waals surface area contributed by atoms with Crippen molar-refractivity contribution in [3.05, 3.63) is 53.6 Å². The van der Waals surface area contributed by atoms with Crippen molar-refractivity contribution in [1.82, 2.24) is 4.72 Å². The zero-order valence-corrected chi connectivity index (χ0v) is 15.7. The van der Waals surface area contributed by atoms with Gasteiger partial charge in [0.25, 0.3) is 0 Å². The van der Waals surface area contributed by atoms with Crippen molar-refractivity contribution >= 4 is 15.7 Å². The van der Waals surface area contributed by atoms with Crippen molar-refractivity contribution in [1.29, 1.82) is 0 Å². The quantitative estimate of drug-likeness (QED) is 0.786. The van der Waals surface area contributed by atoms with Crippen molar-refractivity contribution in [2.24, 2.45) is 0 Å². The van der Waals surface area contributed by atoms with Gasteiger partial charge < -0.3 is 14.7 Å². The molecule has 0 spiro atoms. The van der Waals surface area contributed by atoms with Gasteiger partial charge >= 0.3 is 0 Å². The van der Waals surface area contributed by atoms with Gasteiger partial charge in [-0.15, -0.1) is 0 Å². The number of rotatable bonds is 7. The molecule has 2 N–H and O–H groups in total. The Labute approximate surface area is 149 Å². The first kappa shape index (κ1) is 19.2. The van der Waals surface area contributed by atoms with E-state index < -0.39 is 16.1 Å². The Kier molecular flexibility index (Phi) is 6.05. The molecule has 0 aliphatic rings. The van der Waals surface area contributed by atoms with E-state index in [0.717, 1.165) is 11.3 Å². The summed E-state index contributed by atoms with van der Waals surface area (Å²) in [5.74, 6) is 0.267. The monoisotopic (exact) mass is 364 g/mol. The van der Waals surface area contributed by atoms with Gasteiger partial charge in [-0.25, -0.2) is 13.1 Å². The molecule has 25 heavy (non-hydrogen) atoms. The van der Waals surface area contributed by atoms with Crippen LogP contribution in [0.25, 0.3) is 0 Å². The summed E-state index contributed by atoms with van der Waals surface area (Å²) in [6, 6.07) is 12.2. The molecule has 136 valence electrons.